The number of hydrogen-bond acceptors (Lipinski definition) is 6. The summed E-state index contributed by atoms with van der Waals surface area (Å²) in [5, 5.41) is 0. The minimum Gasteiger partial charge on any atom is -0.462 e. The highest BCUT2D eigenvalue weighted by Gasteiger charge is 2.19. The lowest BCUT2D eigenvalue weighted by Crippen LogP contribution is -2.30. The molecule has 0 aromatic rings. The number of carbonyl (C=O) groups excluding carboxylic acids is 3. The first-order valence-electron chi connectivity index (χ1n) is 33.2. The van der Waals surface area contributed by atoms with Gasteiger partial charge in [0.05, 0.1) is 0 Å². The second-order valence-electron chi connectivity index (χ2n) is 22.0. The third-order valence-electron chi connectivity index (χ3n) is 14.3. The maximum Gasteiger partial charge on any atom is 0.306 e. The summed E-state index contributed by atoms with van der Waals surface area (Å²) in [6, 6.07) is 0. The molecule has 78 heavy (non-hydrogen) atoms. The number of ether oxygens (including phenoxy) is 3. The zero-order valence-corrected chi connectivity index (χ0v) is 51.4. The Bertz CT molecular complexity index is 1530. The molecule has 0 N–H and O–H groups in total. The van der Waals surface area contributed by atoms with E-state index >= 15 is 0 Å². The van der Waals surface area contributed by atoms with Crippen molar-refractivity contribution in [3.05, 3.63) is 97.2 Å². The highest BCUT2D eigenvalue weighted by atomic mass is 16.6. The van der Waals surface area contributed by atoms with E-state index in [1.54, 1.807) is 0 Å². The highest BCUT2D eigenvalue weighted by Crippen LogP contribution is 2.16. The molecule has 0 aromatic heterocycles. The largest absolute Gasteiger partial charge is 0.462 e. The van der Waals surface area contributed by atoms with Crippen molar-refractivity contribution in [2.75, 3.05) is 13.2 Å². The average molecular weight is 1090 g/mol. The van der Waals surface area contributed by atoms with Gasteiger partial charge in [0, 0.05) is 19.3 Å². The van der Waals surface area contributed by atoms with Crippen LogP contribution in [0.2, 0.25) is 0 Å². The summed E-state index contributed by atoms with van der Waals surface area (Å²) in [7, 11) is 0. The van der Waals surface area contributed by atoms with E-state index in [4.69, 9.17) is 14.2 Å². The van der Waals surface area contributed by atoms with Crippen molar-refractivity contribution in [2.45, 2.75) is 329 Å². The number of carbonyl (C=O) groups is 3. The van der Waals surface area contributed by atoms with Crippen LogP contribution in [-0.4, -0.2) is 37.2 Å². The maximum atomic E-state index is 12.9. The Morgan fingerprint density at radius 3 is 0.808 bits per heavy atom. The van der Waals surface area contributed by atoms with Crippen LogP contribution >= 0.6 is 0 Å². The molecule has 0 heterocycles. The SMILES string of the molecule is CC/C=C\C/C=C\C/C=C\C/C=C\CCCCCCCCCCCCCCCCC(=O)OCC(COC(=O)CCCCCCC/C=C\C/C=C\CCCCCC)OC(=O)CCCCCCCCC/C=C\C/C=C\CCCCC. The smallest absolute Gasteiger partial charge is 0.306 e. The molecular formula is C72H124O6. The second kappa shape index (κ2) is 65.8. The first kappa shape index (κ1) is 74.3. The summed E-state index contributed by atoms with van der Waals surface area (Å²) in [6.45, 7) is 6.50. The van der Waals surface area contributed by atoms with Crippen molar-refractivity contribution < 1.29 is 28.6 Å². The third kappa shape index (κ3) is 63.2. The van der Waals surface area contributed by atoms with E-state index in [9.17, 15) is 14.4 Å². The molecule has 0 amide bonds. The minimum absolute atomic E-state index is 0.0841. The van der Waals surface area contributed by atoms with Gasteiger partial charge in [-0.05, 0) is 122 Å². The third-order valence-corrected chi connectivity index (χ3v) is 14.3. The molecule has 0 saturated heterocycles. The van der Waals surface area contributed by atoms with Crippen molar-refractivity contribution >= 4 is 17.9 Å². The Morgan fingerprint density at radius 2 is 0.500 bits per heavy atom. The number of esters is 3. The van der Waals surface area contributed by atoms with Gasteiger partial charge >= 0.3 is 17.9 Å². The summed E-state index contributed by atoms with van der Waals surface area (Å²) in [5.74, 6) is -0.894. The van der Waals surface area contributed by atoms with Gasteiger partial charge < -0.3 is 14.2 Å². The zero-order chi connectivity index (χ0) is 56.4. The van der Waals surface area contributed by atoms with E-state index in [2.05, 4.69) is 118 Å². The van der Waals surface area contributed by atoms with Gasteiger partial charge in [-0.25, -0.2) is 0 Å². The molecule has 0 rings (SSSR count). The van der Waals surface area contributed by atoms with Gasteiger partial charge in [0.15, 0.2) is 6.10 Å². The number of unbranched alkanes of at least 4 members (excludes halogenated alkanes) is 33. The molecule has 0 aromatic carbocycles. The molecule has 0 bridgehead atoms. The summed E-state index contributed by atoms with van der Waals surface area (Å²) >= 11 is 0. The topological polar surface area (TPSA) is 78.9 Å². The Morgan fingerprint density at radius 1 is 0.269 bits per heavy atom. The van der Waals surface area contributed by atoms with Gasteiger partial charge in [0.1, 0.15) is 13.2 Å². The molecule has 0 aliphatic carbocycles. The van der Waals surface area contributed by atoms with Crippen molar-refractivity contribution in [2.24, 2.45) is 0 Å². The summed E-state index contributed by atoms with van der Waals surface area (Å²) in [4.78, 5) is 38.4. The van der Waals surface area contributed by atoms with Gasteiger partial charge in [-0.1, -0.05) is 279 Å². The van der Waals surface area contributed by atoms with Crippen LogP contribution in [0.25, 0.3) is 0 Å². The summed E-state index contributed by atoms with van der Waals surface area (Å²) in [5.41, 5.74) is 0. The zero-order valence-electron chi connectivity index (χ0n) is 51.4. The van der Waals surface area contributed by atoms with Crippen molar-refractivity contribution in [1.82, 2.24) is 0 Å². The molecule has 6 nitrogen and oxygen atoms in total. The van der Waals surface area contributed by atoms with E-state index in [0.717, 1.165) is 116 Å². The van der Waals surface area contributed by atoms with E-state index in [-0.39, 0.29) is 31.1 Å². The monoisotopic (exact) mass is 1080 g/mol. The van der Waals surface area contributed by atoms with E-state index < -0.39 is 6.10 Å². The fraction of sp³-hybridized carbons (Fsp3) is 0.736. The van der Waals surface area contributed by atoms with Crippen LogP contribution in [0.15, 0.2) is 97.2 Å². The summed E-state index contributed by atoms with van der Waals surface area (Å²) in [6.07, 6.45) is 88.4. The molecule has 6 heteroatoms. The normalized spacial score (nSPS) is 12.7. The van der Waals surface area contributed by atoms with Crippen LogP contribution in [0.3, 0.4) is 0 Å². The lowest BCUT2D eigenvalue weighted by atomic mass is 10.0. The van der Waals surface area contributed by atoms with Crippen LogP contribution in [0.5, 0.6) is 0 Å². The molecular weight excluding hydrogens is 961 g/mol. The van der Waals surface area contributed by atoms with Crippen molar-refractivity contribution in [1.29, 1.82) is 0 Å². The quantitative estimate of drug-likeness (QED) is 0.0261. The predicted molar refractivity (Wildman–Crippen MR) is 339 cm³/mol. The Hall–Kier alpha value is -3.67. The standard InChI is InChI=1S/C72H124O6/c1-4-7-10-13-16-19-22-25-28-31-32-33-34-35-36-37-38-39-40-42-44-47-50-53-56-59-62-65-71(74)77-68-69(67-76-70(73)64-61-58-55-52-49-46-43-30-27-24-21-18-15-12-9-6-3)78-72(75)66-63-60-57-54-51-48-45-41-29-26-23-20-17-14-11-8-5-2/h7,10,16-17,19-21,24-26,28-30,32-33,43,69H,4-6,8-9,11-15,18,22-23,27,31,34-42,44-68H2,1-3H3/b10-7-,19-16-,20-17-,24-21-,28-25-,29-26-,33-32-,43-30-. The molecule has 0 fully saturated rings. The number of hydrogen-bond donors (Lipinski definition) is 0. The van der Waals surface area contributed by atoms with E-state index in [0.29, 0.717) is 19.3 Å². The van der Waals surface area contributed by atoms with E-state index in [1.807, 2.05) is 0 Å². The Balaban J connectivity index is 4.32. The lowest BCUT2D eigenvalue weighted by molar-refractivity contribution is -0.167. The molecule has 1 atom stereocenters. The predicted octanol–water partition coefficient (Wildman–Crippen LogP) is 22.8. The first-order chi connectivity index (χ1) is 38.5. The Labute approximate surface area is 483 Å². The molecule has 0 spiro atoms. The fourth-order valence-corrected chi connectivity index (χ4v) is 9.32. The lowest BCUT2D eigenvalue weighted by Gasteiger charge is -2.18. The average Bonchev–Trinajstić information content (AvgIpc) is 3.44. The molecule has 448 valence electrons. The van der Waals surface area contributed by atoms with Gasteiger partial charge in [-0.2, -0.15) is 0 Å². The minimum atomic E-state index is -0.789. The highest BCUT2D eigenvalue weighted by molar-refractivity contribution is 5.71. The summed E-state index contributed by atoms with van der Waals surface area (Å²) < 4.78 is 16.9. The van der Waals surface area contributed by atoms with Crippen LogP contribution in [0.4, 0.5) is 0 Å². The number of rotatable bonds is 60. The molecule has 0 aliphatic heterocycles. The first-order valence-corrected chi connectivity index (χ1v) is 33.2. The maximum absolute atomic E-state index is 12.9. The van der Waals surface area contributed by atoms with Crippen LogP contribution < -0.4 is 0 Å². The van der Waals surface area contributed by atoms with Crippen molar-refractivity contribution in [3.63, 3.8) is 0 Å². The molecule has 0 aliphatic rings. The van der Waals surface area contributed by atoms with Gasteiger partial charge in [0.2, 0.25) is 0 Å². The molecule has 0 radical (unpaired) electrons. The number of allylic oxidation sites excluding steroid dienone is 16. The van der Waals surface area contributed by atoms with Crippen molar-refractivity contribution in [3.8, 4) is 0 Å². The Kier molecular flexibility index (Phi) is 62.7. The molecule has 0 saturated carbocycles. The van der Waals surface area contributed by atoms with Gasteiger partial charge in [-0.15, -0.1) is 0 Å². The van der Waals surface area contributed by atoms with Crippen LogP contribution in [0.1, 0.15) is 323 Å². The van der Waals surface area contributed by atoms with Crippen LogP contribution in [0, 0.1) is 0 Å². The second-order valence-corrected chi connectivity index (χ2v) is 22.0. The fourth-order valence-electron chi connectivity index (χ4n) is 9.32. The van der Waals surface area contributed by atoms with Gasteiger partial charge in [-0.3, -0.25) is 14.4 Å². The molecule has 1 unspecified atom stereocenters. The van der Waals surface area contributed by atoms with Crippen LogP contribution in [-0.2, 0) is 28.6 Å². The van der Waals surface area contributed by atoms with E-state index in [1.165, 1.54) is 167 Å². The van der Waals surface area contributed by atoms with Gasteiger partial charge in [0.25, 0.3) is 0 Å².